The van der Waals surface area contributed by atoms with E-state index >= 15 is 0 Å². The Kier molecular flexibility index (Phi) is 4.81. The van der Waals surface area contributed by atoms with Crippen LogP contribution >= 0.6 is 0 Å². The standard InChI is InChI=1S/C19H18N2O3S/c1-13-4-6-14(7-5-13)18-12-17(19(22)24-2)20-21(18)15-8-10-16(11-9-15)25(3)23/h4-12H,1-3H3. The van der Waals surface area contributed by atoms with Gasteiger partial charge in [-0.25, -0.2) is 9.48 Å². The molecule has 6 heteroatoms. The third-order valence-corrected chi connectivity index (χ3v) is 4.80. The van der Waals surface area contributed by atoms with Crippen LogP contribution in [0.1, 0.15) is 16.1 Å². The summed E-state index contributed by atoms with van der Waals surface area (Å²) in [6, 6.07) is 17.0. The summed E-state index contributed by atoms with van der Waals surface area (Å²) in [5, 5.41) is 4.39. The molecule has 3 rings (SSSR count). The molecule has 1 atom stereocenters. The SMILES string of the molecule is COC(=O)c1cc(-c2ccc(C)cc2)n(-c2ccc(S(C)=O)cc2)n1. The maximum atomic E-state index is 11.9. The maximum Gasteiger partial charge on any atom is 0.358 e. The first-order valence-corrected chi connectivity index (χ1v) is 9.24. The van der Waals surface area contributed by atoms with Crippen LogP contribution in [-0.4, -0.2) is 33.3 Å². The molecule has 0 aliphatic heterocycles. The van der Waals surface area contributed by atoms with Crippen LogP contribution in [0.2, 0.25) is 0 Å². The number of benzene rings is 2. The van der Waals surface area contributed by atoms with Crippen molar-refractivity contribution in [1.29, 1.82) is 0 Å². The predicted octanol–water partition coefficient (Wildman–Crippen LogP) is 3.37. The van der Waals surface area contributed by atoms with Gasteiger partial charge >= 0.3 is 5.97 Å². The van der Waals surface area contributed by atoms with Crippen LogP contribution in [0.25, 0.3) is 16.9 Å². The van der Waals surface area contributed by atoms with Gasteiger partial charge in [0.25, 0.3) is 0 Å². The van der Waals surface area contributed by atoms with Gasteiger partial charge < -0.3 is 4.74 Å². The van der Waals surface area contributed by atoms with Gasteiger partial charge in [0.2, 0.25) is 0 Å². The molecule has 0 radical (unpaired) electrons. The molecule has 1 unspecified atom stereocenters. The summed E-state index contributed by atoms with van der Waals surface area (Å²) in [6.07, 6.45) is 1.63. The molecule has 0 saturated heterocycles. The zero-order valence-corrected chi connectivity index (χ0v) is 15.0. The van der Waals surface area contributed by atoms with Crippen molar-refractivity contribution >= 4 is 16.8 Å². The van der Waals surface area contributed by atoms with Crippen molar-refractivity contribution < 1.29 is 13.7 Å². The number of esters is 1. The second-order valence-corrected chi connectivity index (χ2v) is 7.01. The Hall–Kier alpha value is -2.73. The molecule has 0 spiro atoms. The molecule has 0 bridgehead atoms. The minimum Gasteiger partial charge on any atom is -0.464 e. The number of methoxy groups -OCH3 is 1. The fourth-order valence-electron chi connectivity index (χ4n) is 2.49. The molecular weight excluding hydrogens is 336 g/mol. The van der Waals surface area contributed by atoms with Crippen molar-refractivity contribution in [1.82, 2.24) is 9.78 Å². The zero-order chi connectivity index (χ0) is 18.0. The highest BCUT2D eigenvalue weighted by atomic mass is 32.2. The van der Waals surface area contributed by atoms with Gasteiger partial charge in [0.15, 0.2) is 5.69 Å². The Morgan fingerprint density at radius 1 is 1.08 bits per heavy atom. The van der Waals surface area contributed by atoms with Crippen molar-refractivity contribution in [2.45, 2.75) is 11.8 Å². The molecule has 0 aliphatic carbocycles. The van der Waals surface area contributed by atoms with Crippen LogP contribution < -0.4 is 0 Å². The lowest BCUT2D eigenvalue weighted by Gasteiger charge is -2.08. The van der Waals surface area contributed by atoms with Crippen molar-refractivity contribution in [3.05, 3.63) is 65.9 Å². The Labute approximate surface area is 148 Å². The van der Waals surface area contributed by atoms with E-state index in [-0.39, 0.29) is 5.69 Å². The van der Waals surface area contributed by atoms with Crippen LogP contribution in [0.4, 0.5) is 0 Å². The summed E-state index contributed by atoms with van der Waals surface area (Å²) in [5.74, 6) is -0.488. The average Bonchev–Trinajstić information content (AvgIpc) is 3.07. The fraction of sp³-hybridized carbons (Fsp3) is 0.158. The zero-order valence-electron chi connectivity index (χ0n) is 14.2. The van der Waals surface area contributed by atoms with Crippen molar-refractivity contribution in [3.8, 4) is 16.9 Å². The number of hydrogen-bond acceptors (Lipinski definition) is 4. The lowest BCUT2D eigenvalue weighted by molar-refractivity contribution is 0.0593. The number of aryl methyl sites for hydroxylation is 1. The molecule has 0 aliphatic rings. The highest BCUT2D eigenvalue weighted by molar-refractivity contribution is 7.84. The number of carbonyl (C=O) groups is 1. The van der Waals surface area contributed by atoms with Crippen LogP contribution in [0, 0.1) is 6.92 Å². The van der Waals surface area contributed by atoms with Crippen LogP contribution in [0.3, 0.4) is 0 Å². The van der Waals surface area contributed by atoms with E-state index in [0.717, 1.165) is 27.4 Å². The summed E-state index contributed by atoms with van der Waals surface area (Å²) in [6.45, 7) is 2.02. The molecule has 1 heterocycles. The monoisotopic (exact) mass is 354 g/mol. The first-order chi connectivity index (χ1) is 12.0. The Bertz CT molecular complexity index is 928. The van der Waals surface area contributed by atoms with E-state index in [4.69, 9.17) is 4.74 Å². The Balaban J connectivity index is 2.13. The molecule has 0 saturated carbocycles. The lowest BCUT2D eigenvalue weighted by Crippen LogP contribution is -2.04. The minimum absolute atomic E-state index is 0.237. The van der Waals surface area contributed by atoms with Crippen LogP contribution in [0.15, 0.2) is 59.5 Å². The lowest BCUT2D eigenvalue weighted by atomic mass is 10.1. The van der Waals surface area contributed by atoms with Gasteiger partial charge in [0, 0.05) is 27.5 Å². The van der Waals surface area contributed by atoms with Gasteiger partial charge in [-0.3, -0.25) is 4.21 Å². The smallest absolute Gasteiger partial charge is 0.358 e. The van der Waals surface area contributed by atoms with Gasteiger partial charge in [-0.15, -0.1) is 0 Å². The van der Waals surface area contributed by atoms with E-state index in [1.165, 1.54) is 7.11 Å². The van der Waals surface area contributed by atoms with E-state index in [0.29, 0.717) is 0 Å². The van der Waals surface area contributed by atoms with Crippen molar-refractivity contribution in [2.24, 2.45) is 0 Å². The van der Waals surface area contributed by atoms with E-state index in [1.807, 2.05) is 43.3 Å². The van der Waals surface area contributed by atoms with Gasteiger partial charge in [0.1, 0.15) is 0 Å². The molecular formula is C19H18N2O3S. The average molecular weight is 354 g/mol. The number of nitrogens with zero attached hydrogens (tertiary/aromatic N) is 2. The quantitative estimate of drug-likeness (QED) is 0.674. The van der Waals surface area contributed by atoms with E-state index in [9.17, 15) is 9.00 Å². The van der Waals surface area contributed by atoms with Gasteiger partial charge in [-0.1, -0.05) is 29.8 Å². The number of carbonyl (C=O) groups excluding carboxylic acids is 1. The third-order valence-electron chi connectivity index (χ3n) is 3.86. The van der Waals surface area contributed by atoms with Crippen molar-refractivity contribution in [3.63, 3.8) is 0 Å². The first-order valence-electron chi connectivity index (χ1n) is 7.69. The number of ether oxygens (including phenoxy) is 1. The van der Waals surface area contributed by atoms with E-state index < -0.39 is 16.8 Å². The second-order valence-electron chi connectivity index (χ2n) is 5.63. The van der Waals surface area contributed by atoms with E-state index in [1.54, 1.807) is 29.1 Å². The van der Waals surface area contributed by atoms with Crippen LogP contribution in [0.5, 0.6) is 0 Å². The highest BCUT2D eigenvalue weighted by Gasteiger charge is 2.17. The summed E-state index contributed by atoms with van der Waals surface area (Å²) < 4.78 is 18.1. The summed E-state index contributed by atoms with van der Waals surface area (Å²) in [7, 11) is 0.287. The topological polar surface area (TPSA) is 61.2 Å². The van der Waals surface area contributed by atoms with Gasteiger partial charge in [0.05, 0.1) is 18.5 Å². The minimum atomic E-state index is -1.04. The van der Waals surface area contributed by atoms with Crippen LogP contribution in [-0.2, 0) is 15.5 Å². The molecule has 3 aromatic rings. The molecule has 0 fully saturated rings. The summed E-state index contributed by atoms with van der Waals surface area (Å²) in [4.78, 5) is 12.6. The predicted molar refractivity (Wildman–Crippen MR) is 97.4 cm³/mol. The fourth-order valence-corrected chi connectivity index (χ4v) is 3.01. The van der Waals surface area contributed by atoms with Gasteiger partial charge in [-0.2, -0.15) is 5.10 Å². The van der Waals surface area contributed by atoms with E-state index in [2.05, 4.69) is 5.10 Å². The number of hydrogen-bond donors (Lipinski definition) is 0. The second kappa shape index (κ2) is 7.03. The molecule has 128 valence electrons. The normalized spacial score (nSPS) is 12.0. The summed E-state index contributed by atoms with van der Waals surface area (Å²) in [5.41, 5.74) is 3.89. The number of aromatic nitrogens is 2. The first kappa shape index (κ1) is 17.1. The number of rotatable bonds is 4. The molecule has 0 amide bonds. The summed E-state index contributed by atoms with van der Waals surface area (Å²) >= 11 is 0. The highest BCUT2D eigenvalue weighted by Crippen LogP contribution is 2.25. The largest absolute Gasteiger partial charge is 0.464 e. The maximum absolute atomic E-state index is 11.9. The molecule has 0 N–H and O–H groups in total. The van der Waals surface area contributed by atoms with Crippen molar-refractivity contribution in [2.75, 3.05) is 13.4 Å². The molecule has 1 aromatic heterocycles. The Morgan fingerprint density at radius 2 is 1.72 bits per heavy atom. The van der Waals surface area contributed by atoms with Gasteiger partial charge in [-0.05, 0) is 37.3 Å². The molecule has 5 nitrogen and oxygen atoms in total. The third kappa shape index (κ3) is 3.53. The Morgan fingerprint density at radius 3 is 2.28 bits per heavy atom. The molecule has 2 aromatic carbocycles. The molecule has 25 heavy (non-hydrogen) atoms.